The van der Waals surface area contributed by atoms with Crippen molar-refractivity contribution < 1.29 is 18.1 Å². The lowest BCUT2D eigenvalue weighted by Gasteiger charge is -2.34. The number of hydrogen-bond donors (Lipinski definition) is 0. The van der Waals surface area contributed by atoms with Crippen LogP contribution in [0.25, 0.3) is 0 Å². The summed E-state index contributed by atoms with van der Waals surface area (Å²) in [5.41, 5.74) is 1.45. The van der Waals surface area contributed by atoms with Crippen molar-refractivity contribution in [3.8, 4) is 0 Å². The third kappa shape index (κ3) is 4.62. The van der Waals surface area contributed by atoms with Crippen LogP contribution in [0.5, 0.6) is 0 Å². The quantitative estimate of drug-likeness (QED) is 0.531. The fourth-order valence-electron chi connectivity index (χ4n) is 3.63. The van der Waals surface area contributed by atoms with Crippen LogP contribution in [0.15, 0.2) is 47.4 Å². The van der Waals surface area contributed by atoms with E-state index in [4.69, 9.17) is 0 Å². The third-order valence-electron chi connectivity index (χ3n) is 5.62. The number of benzene rings is 2. The molecule has 31 heavy (non-hydrogen) atoms. The molecular weight excluding hydrogens is 418 g/mol. The first kappa shape index (κ1) is 22.9. The average molecular weight is 446 g/mol. The molecular formula is C22H27N3O5S. The predicted molar refractivity (Wildman–Crippen MR) is 118 cm³/mol. The van der Waals surface area contributed by atoms with Crippen LogP contribution in [-0.2, 0) is 15.4 Å². The molecule has 0 saturated carbocycles. The molecule has 166 valence electrons. The Morgan fingerprint density at radius 3 is 2.10 bits per heavy atom. The number of nitro benzene ring substituents is 1. The van der Waals surface area contributed by atoms with Gasteiger partial charge in [-0.15, -0.1) is 0 Å². The maximum atomic E-state index is 13.0. The van der Waals surface area contributed by atoms with E-state index in [9.17, 15) is 23.3 Å². The van der Waals surface area contributed by atoms with Crippen LogP contribution in [0.4, 0.5) is 5.69 Å². The van der Waals surface area contributed by atoms with Crippen molar-refractivity contribution in [1.82, 2.24) is 9.21 Å². The fourth-order valence-corrected chi connectivity index (χ4v) is 5.05. The number of sulfonamides is 1. The molecule has 1 amide bonds. The molecule has 0 atom stereocenters. The first-order valence-corrected chi connectivity index (χ1v) is 11.5. The van der Waals surface area contributed by atoms with E-state index in [2.05, 4.69) is 20.8 Å². The molecule has 1 fully saturated rings. The molecule has 0 aliphatic carbocycles. The summed E-state index contributed by atoms with van der Waals surface area (Å²) >= 11 is 0. The van der Waals surface area contributed by atoms with Gasteiger partial charge in [0.05, 0.1) is 9.82 Å². The van der Waals surface area contributed by atoms with Gasteiger partial charge in [0.1, 0.15) is 0 Å². The largest absolute Gasteiger partial charge is 0.336 e. The van der Waals surface area contributed by atoms with Gasteiger partial charge in [0.2, 0.25) is 10.0 Å². The Bertz CT molecular complexity index is 1100. The molecule has 0 radical (unpaired) electrons. The maximum Gasteiger partial charge on any atom is 0.273 e. The van der Waals surface area contributed by atoms with Gasteiger partial charge in [-0.1, -0.05) is 39.0 Å². The topological polar surface area (TPSA) is 101 Å². The maximum absolute atomic E-state index is 13.0. The minimum atomic E-state index is -3.66. The summed E-state index contributed by atoms with van der Waals surface area (Å²) in [5, 5.41) is 11.1. The van der Waals surface area contributed by atoms with Gasteiger partial charge in [0.25, 0.3) is 11.6 Å². The molecule has 9 heteroatoms. The Morgan fingerprint density at radius 2 is 1.58 bits per heavy atom. The summed E-state index contributed by atoms with van der Waals surface area (Å²) in [6.45, 7) is 8.53. The lowest BCUT2D eigenvalue weighted by molar-refractivity contribution is -0.385. The van der Waals surface area contributed by atoms with Gasteiger partial charge >= 0.3 is 0 Å². The van der Waals surface area contributed by atoms with E-state index < -0.39 is 14.9 Å². The standard InChI is InChI=1S/C22H27N3O5S/c1-16-19(6-5-7-20(16)25(27)28)21(26)23-12-14-24(15-13-23)31(29,30)18-10-8-17(9-11-18)22(2,3)4/h5-11H,12-15H2,1-4H3. The smallest absolute Gasteiger partial charge is 0.273 e. The highest BCUT2D eigenvalue weighted by Crippen LogP contribution is 2.26. The van der Waals surface area contributed by atoms with Crippen molar-refractivity contribution in [2.45, 2.75) is 38.0 Å². The molecule has 0 bridgehead atoms. The minimum absolute atomic E-state index is 0.0705. The van der Waals surface area contributed by atoms with Gasteiger partial charge in [0, 0.05) is 43.4 Å². The lowest BCUT2D eigenvalue weighted by Crippen LogP contribution is -2.50. The second kappa shape index (κ2) is 8.39. The third-order valence-corrected chi connectivity index (χ3v) is 7.53. The summed E-state index contributed by atoms with van der Waals surface area (Å²) in [6, 6.07) is 11.3. The number of nitrogens with zero attached hydrogens (tertiary/aromatic N) is 3. The van der Waals surface area contributed by atoms with Crippen molar-refractivity contribution in [2.75, 3.05) is 26.2 Å². The molecule has 1 saturated heterocycles. The summed E-state index contributed by atoms with van der Waals surface area (Å²) in [5.74, 6) is -0.326. The number of piperazine rings is 1. The number of rotatable bonds is 4. The van der Waals surface area contributed by atoms with E-state index in [1.54, 1.807) is 30.0 Å². The van der Waals surface area contributed by atoms with Gasteiger partial charge < -0.3 is 4.90 Å². The van der Waals surface area contributed by atoms with Crippen LogP contribution in [0, 0.1) is 17.0 Å². The van der Waals surface area contributed by atoms with Gasteiger partial charge in [-0.2, -0.15) is 4.31 Å². The second-order valence-corrected chi connectivity index (χ2v) is 10.6. The van der Waals surface area contributed by atoms with Crippen LogP contribution in [0.1, 0.15) is 42.3 Å². The van der Waals surface area contributed by atoms with Crippen LogP contribution in [-0.4, -0.2) is 54.6 Å². The van der Waals surface area contributed by atoms with E-state index in [1.807, 2.05) is 12.1 Å². The molecule has 0 spiro atoms. The van der Waals surface area contributed by atoms with Crippen molar-refractivity contribution in [3.05, 3.63) is 69.3 Å². The normalized spacial score (nSPS) is 15.7. The van der Waals surface area contributed by atoms with Crippen molar-refractivity contribution in [2.24, 2.45) is 0 Å². The van der Waals surface area contributed by atoms with E-state index in [1.165, 1.54) is 16.4 Å². The average Bonchev–Trinajstić information content (AvgIpc) is 2.73. The van der Waals surface area contributed by atoms with Crippen molar-refractivity contribution >= 4 is 21.6 Å². The van der Waals surface area contributed by atoms with Crippen LogP contribution >= 0.6 is 0 Å². The van der Waals surface area contributed by atoms with Crippen LogP contribution in [0.3, 0.4) is 0 Å². The Morgan fingerprint density at radius 1 is 1.00 bits per heavy atom. The van der Waals surface area contributed by atoms with Gasteiger partial charge in [-0.25, -0.2) is 8.42 Å². The summed E-state index contributed by atoms with van der Waals surface area (Å²) < 4.78 is 27.4. The SMILES string of the molecule is Cc1c(C(=O)N2CCN(S(=O)(=O)c3ccc(C(C)(C)C)cc3)CC2)cccc1[N+](=O)[O-]. The first-order valence-electron chi connectivity index (χ1n) is 10.1. The Kier molecular flexibility index (Phi) is 6.20. The zero-order valence-electron chi connectivity index (χ0n) is 18.2. The highest BCUT2D eigenvalue weighted by atomic mass is 32.2. The molecule has 2 aromatic carbocycles. The van der Waals surface area contributed by atoms with E-state index in [0.29, 0.717) is 5.56 Å². The molecule has 1 aliphatic rings. The number of hydrogen-bond acceptors (Lipinski definition) is 5. The van der Waals surface area contributed by atoms with Crippen LogP contribution in [0.2, 0.25) is 0 Å². The molecule has 8 nitrogen and oxygen atoms in total. The summed E-state index contributed by atoms with van der Waals surface area (Å²) in [4.78, 5) is 25.3. The van der Waals surface area contributed by atoms with Crippen LogP contribution < -0.4 is 0 Å². The molecule has 3 rings (SSSR count). The van der Waals surface area contributed by atoms with Gasteiger partial charge in [0.15, 0.2) is 0 Å². The molecule has 2 aromatic rings. The highest BCUT2D eigenvalue weighted by Gasteiger charge is 2.31. The lowest BCUT2D eigenvalue weighted by atomic mass is 9.87. The molecule has 0 unspecified atom stereocenters. The summed E-state index contributed by atoms with van der Waals surface area (Å²) in [7, 11) is -3.66. The van der Waals surface area contributed by atoms with Crippen molar-refractivity contribution in [3.63, 3.8) is 0 Å². The Balaban J connectivity index is 1.72. The Labute approximate surface area is 182 Å². The number of carbonyl (C=O) groups excluding carboxylic acids is 1. The molecule has 1 heterocycles. The highest BCUT2D eigenvalue weighted by molar-refractivity contribution is 7.89. The molecule has 0 N–H and O–H groups in total. The molecule has 1 aliphatic heterocycles. The van der Waals surface area contributed by atoms with Gasteiger partial charge in [-0.05, 0) is 36.1 Å². The predicted octanol–water partition coefficient (Wildman–Crippen LogP) is 3.35. The summed E-state index contributed by atoms with van der Waals surface area (Å²) in [6.07, 6.45) is 0. The van der Waals surface area contributed by atoms with E-state index >= 15 is 0 Å². The Hall–Kier alpha value is -2.78. The molecule has 0 aromatic heterocycles. The monoisotopic (exact) mass is 445 g/mol. The van der Waals surface area contributed by atoms with E-state index in [-0.39, 0.29) is 53.6 Å². The minimum Gasteiger partial charge on any atom is -0.336 e. The fraction of sp³-hybridized carbons (Fsp3) is 0.409. The number of nitro groups is 1. The first-order chi connectivity index (χ1) is 14.4. The van der Waals surface area contributed by atoms with Gasteiger partial charge in [-0.3, -0.25) is 14.9 Å². The number of amides is 1. The van der Waals surface area contributed by atoms with Crippen molar-refractivity contribution in [1.29, 1.82) is 0 Å². The van der Waals surface area contributed by atoms with E-state index in [0.717, 1.165) is 5.56 Å². The number of carbonyl (C=O) groups is 1. The zero-order valence-corrected chi connectivity index (χ0v) is 19.0. The zero-order chi connectivity index (χ0) is 23.0. The second-order valence-electron chi connectivity index (χ2n) is 8.68.